The van der Waals surface area contributed by atoms with Gasteiger partial charge in [0.1, 0.15) is 29.6 Å². The number of rotatable bonds is 8. The molecule has 0 fully saturated rings. The van der Waals surface area contributed by atoms with Gasteiger partial charge >= 0.3 is 6.18 Å². The first-order valence-electron chi connectivity index (χ1n) is 11.9. The maximum absolute atomic E-state index is 13.8. The minimum Gasteiger partial charge on any atom is -0.691 e. The molecule has 13 heteroatoms. The summed E-state index contributed by atoms with van der Waals surface area (Å²) in [7, 11) is 1.42. The van der Waals surface area contributed by atoms with E-state index in [1.165, 1.54) is 49.6 Å². The average Bonchev–Trinajstić information content (AvgIpc) is 3.37. The minimum atomic E-state index is -4.67. The molecule has 0 aliphatic rings. The molecule has 0 radical (unpaired) electrons. The number of nitrogens with two attached hydrogens (primary N) is 1. The number of benzene rings is 4. The molecule has 0 aliphatic heterocycles. The smallest absolute Gasteiger partial charge is 0.450 e. The van der Waals surface area contributed by atoms with Gasteiger partial charge in [-0.05, 0) is 48.5 Å². The van der Waals surface area contributed by atoms with Gasteiger partial charge in [-0.1, -0.05) is 24.3 Å². The molecule has 7 nitrogen and oxygen atoms in total. The fourth-order valence-electron chi connectivity index (χ4n) is 3.87. The van der Waals surface area contributed by atoms with Crippen molar-refractivity contribution < 1.29 is 46.6 Å². The van der Waals surface area contributed by atoms with E-state index in [4.69, 9.17) is 4.74 Å². The van der Waals surface area contributed by atoms with Gasteiger partial charge in [0.05, 0.1) is 35.7 Å². The van der Waals surface area contributed by atoms with Crippen LogP contribution in [0.25, 0.3) is 16.7 Å². The van der Waals surface area contributed by atoms with Crippen LogP contribution < -0.4 is 15.3 Å². The van der Waals surface area contributed by atoms with Gasteiger partial charge in [0.2, 0.25) is 5.82 Å². The fourth-order valence-corrected chi connectivity index (χ4v) is 4.25. The lowest BCUT2D eigenvalue weighted by Gasteiger charge is -2.12. The molecule has 41 heavy (non-hydrogen) atoms. The number of quaternary nitrogens is 1. The second-order valence-electron chi connectivity index (χ2n) is 8.36. The zero-order valence-electron chi connectivity index (χ0n) is 21.3. The Bertz CT molecular complexity index is 1560. The Hall–Kier alpha value is -4.01. The van der Waals surface area contributed by atoms with Crippen LogP contribution in [0.3, 0.4) is 0 Å². The zero-order chi connectivity index (χ0) is 29.4. The SMILES string of the molecule is COc1ccc2c(c1)nc(C(F)(F)F)n2-c1ccc([NH2+]Cc2c(F)cccc2F)cc1.[O-]OOSc1ccccc1. The van der Waals surface area contributed by atoms with E-state index in [9.17, 15) is 27.2 Å². The third kappa shape index (κ3) is 7.60. The molecule has 1 heterocycles. The van der Waals surface area contributed by atoms with Gasteiger partial charge in [0, 0.05) is 28.8 Å². The summed E-state index contributed by atoms with van der Waals surface area (Å²) in [6.07, 6.45) is -4.67. The number of alkyl halides is 3. The molecule has 0 unspecified atom stereocenters. The van der Waals surface area contributed by atoms with Crippen LogP contribution in [0, 0.1) is 11.6 Å². The predicted molar refractivity (Wildman–Crippen MR) is 139 cm³/mol. The van der Waals surface area contributed by atoms with Crippen molar-refractivity contribution in [3.8, 4) is 11.4 Å². The number of halogens is 5. The minimum absolute atomic E-state index is 0.0133. The lowest BCUT2D eigenvalue weighted by Crippen LogP contribution is -2.76. The Kier molecular flexibility index (Phi) is 9.91. The Morgan fingerprint density at radius 1 is 0.902 bits per heavy atom. The maximum Gasteiger partial charge on any atom is 0.450 e. The fraction of sp³-hybridized carbons (Fsp3) is 0.107. The van der Waals surface area contributed by atoms with E-state index in [-0.39, 0.29) is 28.8 Å². The van der Waals surface area contributed by atoms with E-state index in [2.05, 4.69) is 14.4 Å². The van der Waals surface area contributed by atoms with E-state index < -0.39 is 23.6 Å². The van der Waals surface area contributed by atoms with Crippen LogP contribution >= 0.6 is 12.0 Å². The number of aromatic nitrogens is 2. The molecule has 0 saturated heterocycles. The first kappa shape index (κ1) is 30.0. The van der Waals surface area contributed by atoms with Crippen LogP contribution in [0.5, 0.6) is 5.75 Å². The van der Waals surface area contributed by atoms with Crippen molar-refractivity contribution in [3.63, 3.8) is 0 Å². The highest BCUT2D eigenvalue weighted by Crippen LogP contribution is 2.35. The third-order valence-corrected chi connectivity index (χ3v) is 6.36. The maximum atomic E-state index is 13.8. The predicted octanol–water partition coefficient (Wildman–Crippen LogP) is 5.64. The third-order valence-electron chi connectivity index (χ3n) is 5.77. The molecule has 5 aromatic rings. The van der Waals surface area contributed by atoms with Crippen LogP contribution in [0.2, 0.25) is 0 Å². The number of nitrogens with zero attached hydrogens (tertiary/aromatic N) is 2. The first-order chi connectivity index (χ1) is 19.7. The molecule has 5 rings (SSSR count). The topological polar surface area (TPSA) is 85.2 Å². The molecular weight excluding hydrogens is 569 g/mol. The Morgan fingerprint density at radius 2 is 1.59 bits per heavy atom. The van der Waals surface area contributed by atoms with Crippen molar-refractivity contribution in [2.45, 2.75) is 17.6 Å². The summed E-state index contributed by atoms with van der Waals surface area (Å²) in [5.41, 5.74) is 1.23. The molecule has 0 saturated carbocycles. The summed E-state index contributed by atoms with van der Waals surface area (Å²) >= 11 is 0.886. The van der Waals surface area contributed by atoms with Crippen molar-refractivity contribution in [2.75, 3.05) is 7.11 Å². The van der Waals surface area contributed by atoms with E-state index in [1.54, 1.807) is 23.5 Å². The number of hydrogen-bond acceptors (Lipinski definition) is 6. The van der Waals surface area contributed by atoms with Crippen LogP contribution in [-0.4, -0.2) is 16.7 Å². The Labute approximate surface area is 235 Å². The largest absolute Gasteiger partial charge is 0.691 e. The second kappa shape index (κ2) is 13.6. The van der Waals surface area contributed by atoms with Crippen molar-refractivity contribution >= 4 is 28.8 Å². The summed E-state index contributed by atoms with van der Waals surface area (Å²) in [4.78, 5) is 4.59. The normalized spacial score (nSPS) is 11.3. The van der Waals surface area contributed by atoms with Gasteiger partial charge in [-0.2, -0.15) is 17.5 Å². The van der Waals surface area contributed by atoms with Crippen LogP contribution in [0.4, 0.5) is 27.6 Å². The highest BCUT2D eigenvalue weighted by molar-refractivity contribution is 7.94. The highest BCUT2D eigenvalue weighted by Gasteiger charge is 2.38. The number of ether oxygens (including phenoxy) is 1. The van der Waals surface area contributed by atoms with Crippen molar-refractivity contribution in [2.24, 2.45) is 0 Å². The molecule has 4 aromatic carbocycles. The monoisotopic (exact) mass is 591 g/mol. The van der Waals surface area contributed by atoms with Crippen molar-refractivity contribution in [1.82, 2.24) is 9.55 Å². The van der Waals surface area contributed by atoms with Gasteiger partial charge < -0.3 is 15.3 Å². The van der Waals surface area contributed by atoms with Crippen molar-refractivity contribution in [3.05, 3.63) is 114 Å². The quantitative estimate of drug-likeness (QED) is 0.0827. The summed E-state index contributed by atoms with van der Waals surface area (Å²) in [5.74, 6) is -1.96. The standard InChI is InChI=1S/C22H16F5N3O.C6H6O3S/c1-31-15-9-10-20-19(11-15)29-21(22(25,26)27)30(20)14-7-5-13(6-8-14)28-12-16-17(23)3-2-4-18(16)24;7-8-9-10-6-4-2-1-3-5-6/h2-11,28H,12H2,1H3;1-5,7H. The zero-order valence-corrected chi connectivity index (χ0v) is 22.1. The molecule has 0 bridgehead atoms. The van der Waals surface area contributed by atoms with Crippen LogP contribution in [-0.2, 0) is 22.1 Å². The van der Waals surface area contributed by atoms with Gasteiger partial charge in [0.15, 0.2) is 0 Å². The van der Waals surface area contributed by atoms with Gasteiger partial charge in [0.25, 0.3) is 0 Å². The molecule has 1 aromatic heterocycles. The lowest BCUT2D eigenvalue weighted by molar-refractivity contribution is -0.777. The summed E-state index contributed by atoms with van der Waals surface area (Å²) in [6, 6.07) is 23.5. The highest BCUT2D eigenvalue weighted by atomic mass is 32.2. The van der Waals surface area contributed by atoms with Gasteiger partial charge in [-0.3, -0.25) is 9.61 Å². The van der Waals surface area contributed by atoms with E-state index in [0.717, 1.165) is 21.5 Å². The molecule has 0 amide bonds. The van der Waals surface area contributed by atoms with Gasteiger partial charge in [-0.25, -0.2) is 13.8 Å². The summed E-state index contributed by atoms with van der Waals surface area (Å²) in [5, 5.41) is 14.1. The molecule has 0 spiro atoms. The van der Waals surface area contributed by atoms with Crippen LogP contribution in [0.1, 0.15) is 11.4 Å². The number of hydrogen-bond donors (Lipinski definition) is 1. The van der Waals surface area contributed by atoms with E-state index in [0.29, 0.717) is 11.4 Å². The van der Waals surface area contributed by atoms with E-state index in [1.807, 2.05) is 30.3 Å². The van der Waals surface area contributed by atoms with E-state index >= 15 is 0 Å². The number of fused-ring (bicyclic) bond motifs is 1. The number of methoxy groups -OCH3 is 1. The number of imidazole rings is 1. The molecule has 0 aliphatic carbocycles. The molecule has 214 valence electrons. The summed E-state index contributed by atoms with van der Waals surface area (Å²) < 4.78 is 78.6. The second-order valence-corrected chi connectivity index (χ2v) is 9.13. The Balaban J connectivity index is 0.000000328. The molecular formula is C28H22F5N3O4S. The summed E-state index contributed by atoms with van der Waals surface area (Å²) in [6.45, 7) is 0.0133. The molecule has 2 N–H and O–H groups in total. The van der Waals surface area contributed by atoms with Crippen LogP contribution in [0.15, 0.2) is 95.9 Å². The lowest BCUT2D eigenvalue weighted by atomic mass is 10.2. The first-order valence-corrected chi connectivity index (χ1v) is 12.6. The van der Waals surface area contributed by atoms with Gasteiger partial charge in [-0.15, -0.1) is 0 Å². The average molecular weight is 592 g/mol. The molecule has 0 atom stereocenters. The van der Waals surface area contributed by atoms with Crippen molar-refractivity contribution in [1.29, 1.82) is 0 Å². The Morgan fingerprint density at radius 3 is 2.20 bits per heavy atom.